The molecule has 0 saturated carbocycles. The van der Waals surface area contributed by atoms with Crippen LogP contribution in [0.5, 0.6) is 0 Å². The van der Waals surface area contributed by atoms with Crippen molar-refractivity contribution in [2.45, 2.75) is 6.54 Å². The molecule has 122 valence electrons. The zero-order valence-corrected chi connectivity index (χ0v) is 14.6. The maximum absolute atomic E-state index is 12.3. The van der Waals surface area contributed by atoms with Crippen LogP contribution >= 0.6 is 34.8 Å². The van der Waals surface area contributed by atoms with Gasteiger partial charge in [0.05, 0.1) is 22.8 Å². The lowest BCUT2D eigenvalue weighted by Crippen LogP contribution is -2.16. The summed E-state index contributed by atoms with van der Waals surface area (Å²) in [7, 11) is 0. The van der Waals surface area contributed by atoms with Crippen molar-refractivity contribution in [1.82, 2.24) is 9.78 Å². The van der Waals surface area contributed by atoms with Gasteiger partial charge < -0.3 is 5.32 Å². The molecule has 3 aromatic rings. The van der Waals surface area contributed by atoms with Crippen LogP contribution in [0.4, 0.5) is 5.82 Å². The molecule has 0 fully saturated rings. The molecular formula is C17H12Cl3N3O. The molecule has 7 heteroatoms. The standard InChI is InChI=1S/C17H12Cl3N3O/c18-13-6-4-11(5-7-13)17(24)22-15-8-9-21-23(15)10-12-2-1-3-14(19)16(12)20/h1-9H,10H2,(H,22,24). The Morgan fingerprint density at radius 2 is 1.79 bits per heavy atom. The number of halogens is 3. The molecule has 0 aliphatic rings. The molecule has 1 amide bonds. The molecule has 1 N–H and O–H groups in total. The minimum atomic E-state index is -0.245. The Labute approximate surface area is 154 Å². The molecule has 1 heterocycles. The number of amides is 1. The molecular weight excluding hydrogens is 369 g/mol. The van der Waals surface area contributed by atoms with Gasteiger partial charge in [-0.3, -0.25) is 4.79 Å². The first-order chi connectivity index (χ1) is 11.5. The number of benzene rings is 2. The number of carbonyl (C=O) groups is 1. The topological polar surface area (TPSA) is 46.9 Å². The number of anilines is 1. The molecule has 0 aliphatic heterocycles. The van der Waals surface area contributed by atoms with Crippen LogP contribution in [0.25, 0.3) is 0 Å². The molecule has 0 unspecified atom stereocenters. The van der Waals surface area contributed by atoms with Crippen LogP contribution in [0, 0.1) is 0 Å². The predicted molar refractivity (Wildman–Crippen MR) is 97.2 cm³/mol. The molecule has 2 aromatic carbocycles. The van der Waals surface area contributed by atoms with E-state index in [1.807, 2.05) is 12.1 Å². The summed E-state index contributed by atoms with van der Waals surface area (Å²) in [5, 5.41) is 8.58. The van der Waals surface area contributed by atoms with Crippen LogP contribution in [-0.2, 0) is 6.54 Å². The van der Waals surface area contributed by atoms with Crippen molar-refractivity contribution in [3.63, 3.8) is 0 Å². The van der Waals surface area contributed by atoms with Crippen molar-refractivity contribution >= 4 is 46.5 Å². The normalized spacial score (nSPS) is 10.6. The number of hydrogen-bond donors (Lipinski definition) is 1. The highest BCUT2D eigenvalue weighted by Crippen LogP contribution is 2.26. The molecule has 3 rings (SSSR count). The Morgan fingerprint density at radius 1 is 1.04 bits per heavy atom. The van der Waals surface area contributed by atoms with Gasteiger partial charge in [0, 0.05) is 16.7 Å². The maximum atomic E-state index is 12.3. The lowest BCUT2D eigenvalue weighted by atomic mass is 10.2. The third-order valence-electron chi connectivity index (χ3n) is 3.42. The summed E-state index contributed by atoms with van der Waals surface area (Å²) in [5.74, 6) is 0.316. The highest BCUT2D eigenvalue weighted by Gasteiger charge is 2.12. The second-order valence-electron chi connectivity index (χ2n) is 5.05. The van der Waals surface area contributed by atoms with E-state index in [2.05, 4.69) is 10.4 Å². The SMILES string of the molecule is O=C(Nc1ccnn1Cc1cccc(Cl)c1Cl)c1ccc(Cl)cc1. The lowest BCUT2D eigenvalue weighted by Gasteiger charge is -2.11. The van der Waals surface area contributed by atoms with Gasteiger partial charge >= 0.3 is 0 Å². The third kappa shape index (κ3) is 3.73. The molecule has 1 aromatic heterocycles. The van der Waals surface area contributed by atoms with Gasteiger partial charge in [-0.15, -0.1) is 0 Å². The second-order valence-corrected chi connectivity index (χ2v) is 6.27. The van der Waals surface area contributed by atoms with Crippen molar-refractivity contribution in [1.29, 1.82) is 0 Å². The monoisotopic (exact) mass is 379 g/mol. The Balaban J connectivity index is 1.79. The average molecular weight is 381 g/mol. The number of rotatable bonds is 4. The number of carbonyl (C=O) groups excluding carboxylic acids is 1. The number of nitrogens with one attached hydrogen (secondary N) is 1. The highest BCUT2D eigenvalue weighted by atomic mass is 35.5. The van der Waals surface area contributed by atoms with Crippen LogP contribution in [0.3, 0.4) is 0 Å². The number of aromatic nitrogens is 2. The van der Waals surface area contributed by atoms with Crippen LogP contribution in [0.15, 0.2) is 54.7 Å². The molecule has 0 saturated heterocycles. The Bertz CT molecular complexity index is 875. The van der Waals surface area contributed by atoms with Crippen molar-refractivity contribution in [2.24, 2.45) is 0 Å². The van der Waals surface area contributed by atoms with E-state index in [1.165, 1.54) is 0 Å². The molecule has 0 bridgehead atoms. The largest absolute Gasteiger partial charge is 0.307 e. The third-order valence-corrected chi connectivity index (χ3v) is 4.53. The summed E-state index contributed by atoms with van der Waals surface area (Å²) in [4.78, 5) is 12.3. The first-order valence-electron chi connectivity index (χ1n) is 7.06. The zero-order valence-electron chi connectivity index (χ0n) is 12.3. The van der Waals surface area contributed by atoms with E-state index >= 15 is 0 Å². The minimum Gasteiger partial charge on any atom is -0.307 e. The fourth-order valence-corrected chi connectivity index (χ4v) is 2.69. The Hall–Kier alpha value is -2.01. The molecule has 0 atom stereocenters. The van der Waals surface area contributed by atoms with Crippen molar-refractivity contribution in [3.8, 4) is 0 Å². The van der Waals surface area contributed by atoms with Gasteiger partial charge in [0.25, 0.3) is 5.91 Å². The van der Waals surface area contributed by atoms with E-state index < -0.39 is 0 Å². The number of hydrogen-bond acceptors (Lipinski definition) is 2. The molecule has 0 spiro atoms. The molecule has 24 heavy (non-hydrogen) atoms. The van der Waals surface area contributed by atoms with Crippen LogP contribution < -0.4 is 5.32 Å². The van der Waals surface area contributed by atoms with E-state index in [9.17, 15) is 4.79 Å². The first kappa shape index (κ1) is 16.8. The van der Waals surface area contributed by atoms with Crippen LogP contribution in [-0.4, -0.2) is 15.7 Å². The van der Waals surface area contributed by atoms with Gasteiger partial charge in [0.2, 0.25) is 0 Å². The Kier molecular flexibility index (Phi) is 5.09. The van der Waals surface area contributed by atoms with E-state index in [-0.39, 0.29) is 5.91 Å². The van der Waals surface area contributed by atoms with E-state index in [0.717, 1.165) is 5.56 Å². The van der Waals surface area contributed by atoms with E-state index in [0.29, 0.717) is 33.0 Å². The van der Waals surface area contributed by atoms with Gasteiger partial charge in [0.15, 0.2) is 0 Å². The predicted octanol–water partition coefficient (Wildman–Crippen LogP) is 5.14. The first-order valence-corrected chi connectivity index (χ1v) is 8.19. The summed E-state index contributed by atoms with van der Waals surface area (Å²) in [6, 6.07) is 13.8. The van der Waals surface area contributed by atoms with Crippen molar-refractivity contribution in [3.05, 3.63) is 80.9 Å². The highest BCUT2D eigenvalue weighted by molar-refractivity contribution is 6.42. The molecule has 0 aliphatic carbocycles. The fourth-order valence-electron chi connectivity index (χ4n) is 2.19. The van der Waals surface area contributed by atoms with Crippen LogP contribution in [0.2, 0.25) is 15.1 Å². The van der Waals surface area contributed by atoms with Gasteiger partial charge in [0.1, 0.15) is 5.82 Å². The van der Waals surface area contributed by atoms with Gasteiger partial charge in [-0.2, -0.15) is 5.10 Å². The maximum Gasteiger partial charge on any atom is 0.256 e. The smallest absolute Gasteiger partial charge is 0.256 e. The average Bonchev–Trinajstić information content (AvgIpc) is 2.99. The van der Waals surface area contributed by atoms with Crippen LogP contribution in [0.1, 0.15) is 15.9 Å². The summed E-state index contributed by atoms with van der Waals surface area (Å²) in [6.45, 7) is 0.391. The zero-order chi connectivity index (χ0) is 17.1. The second kappa shape index (κ2) is 7.26. The summed E-state index contributed by atoms with van der Waals surface area (Å²) < 4.78 is 1.64. The molecule has 0 radical (unpaired) electrons. The quantitative estimate of drug-likeness (QED) is 0.681. The van der Waals surface area contributed by atoms with Gasteiger partial charge in [-0.1, -0.05) is 46.9 Å². The van der Waals surface area contributed by atoms with Crippen molar-refractivity contribution in [2.75, 3.05) is 5.32 Å². The van der Waals surface area contributed by atoms with Crippen molar-refractivity contribution < 1.29 is 4.79 Å². The van der Waals surface area contributed by atoms with E-state index in [1.54, 1.807) is 47.3 Å². The van der Waals surface area contributed by atoms with Gasteiger partial charge in [-0.25, -0.2) is 4.68 Å². The summed E-state index contributed by atoms with van der Waals surface area (Å²) in [5.41, 5.74) is 1.32. The van der Waals surface area contributed by atoms with E-state index in [4.69, 9.17) is 34.8 Å². The summed E-state index contributed by atoms with van der Waals surface area (Å²) in [6.07, 6.45) is 1.61. The summed E-state index contributed by atoms with van der Waals surface area (Å²) >= 11 is 18.1. The molecule has 4 nitrogen and oxygen atoms in total. The Morgan fingerprint density at radius 3 is 2.54 bits per heavy atom. The lowest BCUT2D eigenvalue weighted by molar-refractivity contribution is 0.102. The number of nitrogens with zero attached hydrogens (tertiary/aromatic N) is 2. The minimum absolute atomic E-state index is 0.245. The fraction of sp³-hybridized carbons (Fsp3) is 0.0588. The van der Waals surface area contributed by atoms with Gasteiger partial charge in [-0.05, 0) is 35.9 Å².